The van der Waals surface area contributed by atoms with E-state index in [4.69, 9.17) is 5.73 Å². The molecule has 2 aromatic rings. The number of carbonyl (C=O) groups excluding carboxylic acids is 4. The lowest BCUT2D eigenvalue weighted by Crippen LogP contribution is -2.52. The van der Waals surface area contributed by atoms with Crippen molar-refractivity contribution in [3.05, 3.63) is 59.2 Å². The Labute approximate surface area is 227 Å². The Bertz CT molecular complexity index is 1320. The Balaban J connectivity index is 1.04. The molecule has 0 saturated carbocycles. The number of imide groups is 1. The fourth-order valence-electron chi connectivity index (χ4n) is 6.47. The molecule has 0 aromatic heterocycles. The van der Waals surface area contributed by atoms with E-state index in [0.717, 1.165) is 69.2 Å². The summed E-state index contributed by atoms with van der Waals surface area (Å²) in [5.74, 6) is -0.625. The molecule has 2 aromatic carbocycles. The Hall–Kier alpha value is -3.92. The predicted molar refractivity (Wildman–Crippen MR) is 146 cm³/mol. The third-order valence-electron chi connectivity index (χ3n) is 8.56. The largest absolute Gasteiger partial charge is 0.371 e. The molecule has 6 rings (SSSR count). The lowest BCUT2D eigenvalue weighted by Gasteiger charge is -2.37. The van der Waals surface area contributed by atoms with E-state index in [1.165, 1.54) is 0 Å². The summed E-state index contributed by atoms with van der Waals surface area (Å²) in [6.07, 6.45) is 1.74. The number of para-hydroxylation sites is 1. The molecule has 4 amide bonds. The zero-order chi connectivity index (χ0) is 27.1. The molecule has 10 nitrogen and oxygen atoms in total. The van der Waals surface area contributed by atoms with Gasteiger partial charge in [-0.25, -0.2) is 0 Å². The number of nitrogens with one attached hydrogen (secondary N) is 1. The van der Waals surface area contributed by atoms with Gasteiger partial charge in [0.2, 0.25) is 11.8 Å². The molecule has 39 heavy (non-hydrogen) atoms. The van der Waals surface area contributed by atoms with E-state index in [1.807, 2.05) is 30.3 Å². The summed E-state index contributed by atoms with van der Waals surface area (Å²) >= 11 is 0. The minimum absolute atomic E-state index is 0.136. The summed E-state index contributed by atoms with van der Waals surface area (Å²) < 4.78 is 0. The van der Waals surface area contributed by atoms with Crippen molar-refractivity contribution in [3.63, 3.8) is 0 Å². The van der Waals surface area contributed by atoms with Crippen LogP contribution in [-0.2, 0) is 16.1 Å². The normalized spacial score (nSPS) is 23.8. The van der Waals surface area contributed by atoms with Crippen LogP contribution >= 0.6 is 0 Å². The number of nitrogens with zero attached hydrogens (tertiary/aromatic N) is 4. The van der Waals surface area contributed by atoms with E-state index in [9.17, 15) is 19.2 Å². The van der Waals surface area contributed by atoms with Crippen molar-refractivity contribution in [2.45, 2.75) is 31.8 Å². The maximum absolute atomic E-state index is 13.0. The Morgan fingerprint density at radius 2 is 1.74 bits per heavy atom. The predicted octanol–water partition coefficient (Wildman–Crippen LogP) is 1.20. The summed E-state index contributed by atoms with van der Waals surface area (Å²) in [4.78, 5) is 57.5. The van der Waals surface area contributed by atoms with Crippen LogP contribution in [0.15, 0.2) is 42.5 Å². The van der Waals surface area contributed by atoms with E-state index in [1.54, 1.807) is 11.0 Å². The van der Waals surface area contributed by atoms with Gasteiger partial charge in [-0.05, 0) is 54.7 Å². The lowest BCUT2D eigenvalue weighted by atomic mass is 10.0. The molecule has 204 valence electrons. The van der Waals surface area contributed by atoms with Crippen molar-refractivity contribution in [2.75, 3.05) is 55.6 Å². The first-order chi connectivity index (χ1) is 18.9. The number of carbonyl (C=O) groups is 4. The fourth-order valence-corrected chi connectivity index (χ4v) is 6.47. The van der Waals surface area contributed by atoms with Gasteiger partial charge in [0, 0.05) is 75.7 Å². The number of anilines is 2. The van der Waals surface area contributed by atoms with Gasteiger partial charge >= 0.3 is 0 Å². The number of benzene rings is 2. The number of nitrogens with two attached hydrogens (primary N) is 1. The molecule has 0 radical (unpaired) electrons. The Kier molecular flexibility index (Phi) is 6.72. The van der Waals surface area contributed by atoms with Crippen molar-refractivity contribution in [1.82, 2.24) is 15.1 Å². The van der Waals surface area contributed by atoms with Crippen molar-refractivity contribution < 1.29 is 19.2 Å². The average molecular weight is 531 g/mol. The Morgan fingerprint density at radius 3 is 2.51 bits per heavy atom. The molecule has 10 heteroatoms. The zero-order valence-corrected chi connectivity index (χ0v) is 22.0. The summed E-state index contributed by atoms with van der Waals surface area (Å²) in [7, 11) is 0. The quantitative estimate of drug-likeness (QED) is 0.539. The second-order valence-corrected chi connectivity index (χ2v) is 11.0. The Morgan fingerprint density at radius 1 is 0.949 bits per heavy atom. The second kappa shape index (κ2) is 10.3. The van der Waals surface area contributed by atoms with E-state index < -0.39 is 11.9 Å². The van der Waals surface area contributed by atoms with E-state index in [0.29, 0.717) is 30.0 Å². The van der Waals surface area contributed by atoms with Crippen LogP contribution in [0.3, 0.4) is 0 Å². The topological polar surface area (TPSA) is 119 Å². The van der Waals surface area contributed by atoms with Crippen molar-refractivity contribution in [3.8, 4) is 0 Å². The molecular weight excluding hydrogens is 496 g/mol. The number of amides is 4. The van der Waals surface area contributed by atoms with Gasteiger partial charge in [-0.2, -0.15) is 0 Å². The van der Waals surface area contributed by atoms with E-state index in [-0.39, 0.29) is 24.1 Å². The maximum atomic E-state index is 13.0. The molecule has 0 aliphatic carbocycles. The van der Waals surface area contributed by atoms with Crippen LogP contribution in [0.25, 0.3) is 0 Å². The average Bonchev–Trinajstić information content (AvgIpc) is 3.53. The first-order valence-electron chi connectivity index (χ1n) is 13.8. The number of hydrogen-bond donors (Lipinski definition) is 2. The van der Waals surface area contributed by atoms with Gasteiger partial charge in [0.15, 0.2) is 0 Å². The SMILES string of the molecule is NC(=O)c1ccccc1N1CCN(C[C@H]2CCN(c3ccc4c(c3)CN(C3CCC(=O)NC3=O)C4=O)C2)CC1. The molecule has 0 bridgehead atoms. The highest BCUT2D eigenvalue weighted by Gasteiger charge is 2.39. The molecule has 2 atom stereocenters. The smallest absolute Gasteiger partial charge is 0.255 e. The standard InChI is InChI=1S/C29H34N6O4/c30-27(37)23-3-1-2-4-24(23)33-13-11-32(12-14-33)16-19-9-10-34(17-19)21-5-6-22-20(15-21)18-35(29(22)39)25-7-8-26(36)31-28(25)38/h1-6,15,19,25H,7-14,16-18H2,(H2,30,37)(H,31,36,38)/t19-,25?/m1/s1. The molecule has 4 aliphatic rings. The molecule has 3 saturated heterocycles. The van der Waals surface area contributed by atoms with Crippen molar-refractivity contribution >= 4 is 35.0 Å². The molecule has 1 unspecified atom stereocenters. The van der Waals surface area contributed by atoms with Crippen LogP contribution in [0.1, 0.15) is 45.5 Å². The molecule has 4 heterocycles. The van der Waals surface area contributed by atoms with Crippen LogP contribution < -0.4 is 20.9 Å². The van der Waals surface area contributed by atoms with Gasteiger partial charge in [-0.15, -0.1) is 0 Å². The highest BCUT2D eigenvalue weighted by molar-refractivity contribution is 6.05. The zero-order valence-electron chi connectivity index (χ0n) is 22.0. The first-order valence-corrected chi connectivity index (χ1v) is 13.8. The van der Waals surface area contributed by atoms with Gasteiger partial charge in [-0.3, -0.25) is 29.4 Å². The van der Waals surface area contributed by atoms with Gasteiger partial charge < -0.3 is 20.4 Å². The number of hydrogen-bond acceptors (Lipinski definition) is 7. The van der Waals surface area contributed by atoms with E-state index >= 15 is 0 Å². The van der Waals surface area contributed by atoms with Gasteiger partial charge in [0.25, 0.3) is 11.8 Å². The maximum Gasteiger partial charge on any atom is 0.255 e. The third-order valence-corrected chi connectivity index (χ3v) is 8.56. The first kappa shape index (κ1) is 25.4. The summed E-state index contributed by atoms with van der Waals surface area (Å²) in [5, 5.41) is 2.36. The number of rotatable bonds is 6. The van der Waals surface area contributed by atoms with Crippen LogP contribution in [0, 0.1) is 5.92 Å². The number of piperidine rings is 1. The highest BCUT2D eigenvalue weighted by Crippen LogP contribution is 2.33. The summed E-state index contributed by atoms with van der Waals surface area (Å²) in [5.41, 5.74) is 9.78. The third kappa shape index (κ3) is 4.96. The number of piperazine rings is 1. The van der Waals surface area contributed by atoms with Crippen molar-refractivity contribution in [1.29, 1.82) is 0 Å². The molecule has 0 spiro atoms. The highest BCUT2D eigenvalue weighted by atomic mass is 16.2. The molecule has 3 fully saturated rings. The lowest BCUT2D eigenvalue weighted by molar-refractivity contribution is -0.136. The van der Waals surface area contributed by atoms with Gasteiger partial charge in [-0.1, -0.05) is 12.1 Å². The van der Waals surface area contributed by atoms with Crippen molar-refractivity contribution in [2.24, 2.45) is 11.7 Å². The van der Waals surface area contributed by atoms with Gasteiger partial charge in [0.05, 0.1) is 5.56 Å². The second-order valence-electron chi connectivity index (χ2n) is 11.0. The summed E-state index contributed by atoms with van der Waals surface area (Å²) in [6.45, 7) is 6.99. The van der Waals surface area contributed by atoms with Crippen LogP contribution in [0.5, 0.6) is 0 Å². The van der Waals surface area contributed by atoms with E-state index in [2.05, 4.69) is 26.1 Å². The monoisotopic (exact) mass is 530 g/mol. The summed E-state index contributed by atoms with van der Waals surface area (Å²) in [6, 6.07) is 13.0. The minimum atomic E-state index is -0.591. The number of primary amides is 1. The van der Waals surface area contributed by atoms with Crippen LogP contribution in [0.4, 0.5) is 11.4 Å². The molecule has 4 aliphatic heterocycles. The number of fused-ring (bicyclic) bond motifs is 1. The van der Waals surface area contributed by atoms with Crippen LogP contribution in [-0.4, -0.2) is 85.3 Å². The minimum Gasteiger partial charge on any atom is -0.371 e. The molecule has 3 N–H and O–H groups in total. The van der Waals surface area contributed by atoms with Crippen LogP contribution in [0.2, 0.25) is 0 Å². The molecular formula is C29H34N6O4. The van der Waals surface area contributed by atoms with Gasteiger partial charge in [0.1, 0.15) is 6.04 Å². The fraction of sp³-hybridized carbons (Fsp3) is 0.448.